The van der Waals surface area contributed by atoms with Gasteiger partial charge in [0.25, 0.3) is 0 Å². The van der Waals surface area contributed by atoms with Gasteiger partial charge in [-0.15, -0.1) is 0 Å². The van der Waals surface area contributed by atoms with Crippen LogP contribution < -0.4 is 4.72 Å². The minimum absolute atomic E-state index is 0.149. The van der Waals surface area contributed by atoms with Crippen LogP contribution in [0.4, 0.5) is 0 Å². The fourth-order valence-corrected chi connectivity index (χ4v) is 4.63. The first-order valence-electron chi connectivity index (χ1n) is 9.59. The Bertz CT molecular complexity index is 1040. The van der Waals surface area contributed by atoms with Crippen LogP contribution in [0.25, 0.3) is 11.4 Å². The fourth-order valence-electron chi connectivity index (χ4n) is 3.63. The molecule has 0 amide bonds. The summed E-state index contributed by atoms with van der Waals surface area (Å²) in [6, 6.07) is 14.9. The van der Waals surface area contributed by atoms with E-state index in [0.29, 0.717) is 11.7 Å². The normalized spacial score (nSPS) is 15.2. The number of rotatable bonds is 6. The molecule has 0 spiro atoms. The summed E-state index contributed by atoms with van der Waals surface area (Å²) in [5.74, 6) is 0. The second-order valence-corrected chi connectivity index (χ2v) is 9.02. The van der Waals surface area contributed by atoms with E-state index in [9.17, 15) is 8.42 Å². The first-order valence-corrected chi connectivity index (χ1v) is 11.1. The van der Waals surface area contributed by atoms with Crippen molar-refractivity contribution >= 4 is 10.0 Å². The van der Waals surface area contributed by atoms with Gasteiger partial charge in [-0.1, -0.05) is 36.6 Å². The van der Waals surface area contributed by atoms with Crippen molar-refractivity contribution in [3.05, 3.63) is 66.0 Å². The largest absolute Gasteiger partial charge is 0.260 e. The lowest BCUT2D eigenvalue weighted by Gasteiger charge is -2.13. The minimum Gasteiger partial charge on any atom is -0.260 e. The predicted molar refractivity (Wildman–Crippen MR) is 108 cm³/mol. The second-order valence-electron chi connectivity index (χ2n) is 7.26. The molecule has 0 unspecified atom stereocenters. The molecule has 4 rings (SSSR count). The standard InChI is InChI=1S/C21H24N4O2S/c1-16-9-11-19(12-10-16)28(26,27)23-15-17-14-21(20-8-4-5-13-22-20)25(24-17)18-6-2-3-7-18/h4-5,8-14,18,23H,2-3,6-7,15H2,1H3. The van der Waals surface area contributed by atoms with Gasteiger partial charge in [-0.3, -0.25) is 9.67 Å². The zero-order chi connectivity index (χ0) is 19.6. The molecule has 7 heteroatoms. The molecule has 0 atom stereocenters. The minimum atomic E-state index is -3.58. The smallest absolute Gasteiger partial charge is 0.240 e. The van der Waals surface area contributed by atoms with Crippen molar-refractivity contribution in [2.75, 3.05) is 0 Å². The molecular weight excluding hydrogens is 372 g/mol. The number of sulfonamides is 1. The molecule has 0 saturated heterocycles. The van der Waals surface area contributed by atoms with Crippen LogP contribution in [0.15, 0.2) is 59.6 Å². The molecule has 1 aliphatic carbocycles. The van der Waals surface area contributed by atoms with Crippen LogP contribution >= 0.6 is 0 Å². The van der Waals surface area contributed by atoms with Crippen LogP contribution in [-0.4, -0.2) is 23.2 Å². The number of nitrogens with zero attached hydrogens (tertiary/aromatic N) is 3. The highest BCUT2D eigenvalue weighted by molar-refractivity contribution is 7.89. The second kappa shape index (κ2) is 7.85. The van der Waals surface area contributed by atoms with Gasteiger partial charge in [-0.2, -0.15) is 5.10 Å². The van der Waals surface area contributed by atoms with E-state index >= 15 is 0 Å². The summed E-state index contributed by atoms with van der Waals surface area (Å²) in [7, 11) is -3.58. The zero-order valence-corrected chi connectivity index (χ0v) is 16.7. The zero-order valence-electron chi connectivity index (χ0n) is 15.9. The average Bonchev–Trinajstić information content (AvgIpc) is 3.37. The SMILES string of the molecule is Cc1ccc(S(=O)(=O)NCc2cc(-c3ccccn3)n(C3CCCC3)n2)cc1. The molecule has 0 radical (unpaired) electrons. The van der Waals surface area contributed by atoms with Gasteiger partial charge in [0.15, 0.2) is 0 Å². The lowest BCUT2D eigenvalue weighted by Crippen LogP contribution is -2.23. The molecule has 1 saturated carbocycles. The van der Waals surface area contributed by atoms with Gasteiger partial charge in [0.2, 0.25) is 10.0 Å². The van der Waals surface area contributed by atoms with Crippen LogP contribution in [0.3, 0.4) is 0 Å². The Balaban J connectivity index is 1.59. The Hall–Kier alpha value is -2.51. The molecule has 0 bridgehead atoms. The number of nitrogens with one attached hydrogen (secondary N) is 1. The number of aryl methyl sites for hydroxylation is 1. The Morgan fingerprint density at radius 3 is 2.54 bits per heavy atom. The monoisotopic (exact) mass is 396 g/mol. The molecule has 0 aliphatic heterocycles. The molecule has 2 aromatic heterocycles. The number of hydrogen-bond donors (Lipinski definition) is 1. The lowest BCUT2D eigenvalue weighted by atomic mass is 10.2. The van der Waals surface area contributed by atoms with Gasteiger partial charge in [0.1, 0.15) is 0 Å². The highest BCUT2D eigenvalue weighted by Gasteiger charge is 2.23. The molecule has 1 fully saturated rings. The molecule has 1 aliphatic rings. The first-order chi connectivity index (χ1) is 13.5. The van der Waals surface area contributed by atoms with Crippen molar-refractivity contribution in [1.82, 2.24) is 19.5 Å². The maximum atomic E-state index is 12.6. The summed E-state index contributed by atoms with van der Waals surface area (Å²) in [5.41, 5.74) is 3.52. The van der Waals surface area contributed by atoms with E-state index in [1.807, 2.05) is 35.9 Å². The van der Waals surface area contributed by atoms with Crippen molar-refractivity contribution < 1.29 is 8.42 Å². The van der Waals surface area contributed by atoms with E-state index < -0.39 is 10.0 Å². The Labute approximate surface area is 165 Å². The third-order valence-electron chi connectivity index (χ3n) is 5.16. The molecule has 6 nitrogen and oxygen atoms in total. The van der Waals surface area contributed by atoms with E-state index in [4.69, 9.17) is 5.10 Å². The third kappa shape index (κ3) is 4.00. The van der Waals surface area contributed by atoms with E-state index in [-0.39, 0.29) is 11.4 Å². The summed E-state index contributed by atoms with van der Waals surface area (Å²) in [6.07, 6.45) is 6.34. The van der Waals surface area contributed by atoms with Gasteiger partial charge in [-0.05, 0) is 50.1 Å². The molecule has 2 heterocycles. The Morgan fingerprint density at radius 1 is 1.11 bits per heavy atom. The molecule has 1 aromatic carbocycles. The number of benzene rings is 1. The van der Waals surface area contributed by atoms with Crippen molar-refractivity contribution in [1.29, 1.82) is 0 Å². The molecule has 1 N–H and O–H groups in total. The first kappa shape index (κ1) is 18.8. The summed E-state index contributed by atoms with van der Waals surface area (Å²) in [5, 5.41) is 4.73. The van der Waals surface area contributed by atoms with Crippen LogP contribution in [-0.2, 0) is 16.6 Å². The topological polar surface area (TPSA) is 76.9 Å². The highest BCUT2D eigenvalue weighted by atomic mass is 32.2. The van der Waals surface area contributed by atoms with Gasteiger partial charge in [0, 0.05) is 6.20 Å². The summed E-state index contributed by atoms with van der Waals surface area (Å²) >= 11 is 0. The average molecular weight is 397 g/mol. The van der Waals surface area contributed by atoms with Crippen LogP contribution in [0.5, 0.6) is 0 Å². The van der Waals surface area contributed by atoms with E-state index in [2.05, 4.69) is 9.71 Å². The van der Waals surface area contributed by atoms with Crippen molar-refractivity contribution in [3.63, 3.8) is 0 Å². The van der Waals surface area contributed by atoms with Crippen LogP contribution in [0.1, 0.15) is 43.0 Å². The Morgan fingerprint density at radius 2 is 1.86 bits per heavy atom. The maximum Gasteiger partial charge on any atom is 0.240 e. The number of hydrogen-bond acceptors (Lipinski definition) is 4. The van der Waals surface area contributed by atoms with E-state index in [1.54, 1.807) is 30.5 Å². The van der Waals surface area contributed by atoms with Gasteiger partial charge in [-0.25, -0.2) is 13.1 Å². The fraction of sp³-hybridized carbons (Fsp3) is 0.333. The highest BCUT2D eigenvalue weighted by Crippen LogP contribution is 2.33. The predicted octanol–water partition coefficient (Wildman–Crippen LogP) is 3.85. The van der Waals surface area contributed by atoms with Gasteiger partial charge < -0.3 is 0 Å². The van der Waals surface area contributed by atoms with Gasteiger partial charge >= 0.3 is 0 Å². The summed E-state index contributed by atoms with van der Waals surface area (Å²) in [6.45, 7) is 2.08. The number of pyridine rings is 1. The number of aromatic nitrogens is 3. The quantitative estimate of drug-likeness (QED) is 0.687. The summed E-state index contributed by atoms with van der Waals surface area (Å²) < 4.78 is 29.9. The van der Waals surface area contributed by atoms with Gasteiger partial charge in [0.05, 0.1) is 34.6 Å². The van der Waals surface area contributed by atoms with E-state index in [0.717, 1.165) is 29.8 Å². The third-order valence-corrected chi connectivity index (χ3v) is 6.58. The lowest BCUT2D eigenvalue weighted by molar-refractivity contribution is 0.466. The Kier molecular flexibility index (Phi) is 5.28. The van der Waals surface area contributed by atoms with Crippen molar-refractivity contribution in [2.24, 2.45) is 0 Å². The maximum absolute atomic E-state index is 12.6. The van der Waals surface area contributed by atoms with Crippen LogP contribution in [0.2, 0.25) is 0 Å². The van der Waals surface area contributed by atoms with E-state index in [1.165, 1.54) is 12.8 Å². The van der Waals surface area contributed by atoms with Crippen molar-refractivity contribution in [3.8, 4) is 11.4 Å². The summed E-state index contributed by atoms with van der Waals surface area (Å²) in [4.78, 5) is 4.72. The molecule has 146 valence electrons. The molecule has 3 aromatic rings. The van der Waals surface area contributed by atoms with Crippen molar-refractivity contribution in [2.45, 2.75) is 50.1 Å². The molecule has 28 heavy (non-hydrogen) atoms. The van der Waals surface area contributed by atoms with Crippen LogP contribution in [0, 0.1) is 6.92 Å². The molecular formula is C21H24N4O2S.